The van der Waals surface area contributed by atoms with Gasteiger partial charge in [-0.15, -0.1) is 4.33 Å². The first-order chi connectivity index (χ1) is 13.3. The van der Waals surface area contributed by atoms with Crippen LogP contribution in [-0.4, -0.2) is 34.3 Å². The molecular formula is C19H28F2O6S. The van der Waals surface area contributed by atoms with Crippen LogP contribution in [0.3, 0.4) is 0 Å². The third-order valence-electron chi connectivity index (χ3n) is 7.71. The Morgan fingerprint density at radius 1 is 1.11 bits per heavy atom. The smallest absolute Gasteiger partial charge is 0.415 e. The summed E-state index contributed by atoms with van der Waals surface area (Å²) >= 11 is -0.578. The average Bonchev–Trinajstić information content (AvgIpc) is 2.64. The summed E-state index contributed by atoms with van der Waals surface area (Å²) in [5, 5.41) is 17.1. The predicted octanol–water partition coefficient (Wildman–Crippen LogP) is 4.33. The van der Waals surface area contributed by atoms with Crippen molar-refractivity contribution < 1.29 is 38.0 Å². The molecule has 0 aliphatic heterocycles. The van der Waals surface area contributed by atoms with Gasteiger partial charge in [0, 0.05) is 5.41 Å². The van der Waals surface area contributed by atoms with E-state index in [1.807, 2.05) is 0 Å². The molecule has 5 saturated carbocycles. The lowest BCUT2D eigenvalue weighted by atomic mass is 9.41. The maximum atomic E-state index is 13.7. The second-order valence-corrected chi connectivity index (χ2v) is 10.5. The molecule has 5 aliphatic carbocycles. The van der Waals surface area contributed by atoms with Crippen LogP contribution in [0.15, 0.2) is 0 Å². The molecule has 0 aromatic heterocycles. The van der Waals surface area contributed by atoms with Crippen LogP contribution < -0.4 is 0 Å². The van der Waals surface area contributed by atoms with Crippen LogP contribution in [0.5, 0.6) is 0 Å². The second-order valence-electron chi connectivity index (χ2n) is 9.65. The van der Waals surface area contributed by atoms with E-state index >= 15 is 0 Å². The van der Waals surface area contributed by atoms with Crippen molar-refractivity contribution in [1.82, 2.24) is 0 Å². The van der Waals surface area contributed by atoms with Gasteiger partial charge in [-0.25, -0.2) is 10.1 Å². The van der Waals surface area contributed by atoms with Crippen LogP contribution in [0.25, 0.3) is 0 Å². The Morgan fingerprint density at radius 3 is 2.36 bits per heavy atom. The SMILES string of the molecule is O=C(OCC12CC3CC(C1)CC(C1CCC(O)CC1)(C3)C2)C(F)(F)SOOO. The van der Waals surface area contributed by atoms with E-state index in [2.05, 4.69) is 9.37 Å². The van der Waals surface area contributed by atoms with Gasteiger partial charge in [0.2, 0.25) is 0 Å². The molecule has 0 saturated heterocycles. The minimum Gasteiger partial charge on any atom is -0.460 e. The first-order valence-electron chi connectivity index (χ1n) is 10.1. The quantitative estimate of drug-likeness (QED) is 0.273. The monoisotopic (exact) mass is 422 g/mol. The highest BCUT2D eigenvalue weighted by atomic mass is 32.2. The van der Waals surface area contributed by atoms with Gasteiger partial charge in [0.1, 0.15) is 12.0 Å². The number of hydrogen-bond donors (Lipinski definition) is 2. The molecule has 2 unspecified atom stereocenters. The minimum absolute atomic E-state index is 0.00601. The van der Waals surface area contributed by atoms with Crippen molar-refractivity contribution in [3.63, 3.8) is 0 Å². The van der Waals surface area contributed by atoms with Crippen LogP contribution in [0.2, 0.25) is 0 Å². The number of aliphatic hydroxyl groups excluding tert-OH is 1. The van der Waals surface area contributed by atoms with Gasteiger partial charge in [-0.05, 0) is 87.4 Å². The fraction of sp³-hybridized carbons (Fsp3) is 0.947. The molecule has 0 aromatic carbocycles. The zero-order valence-corrected chi connectivity index (χ0v) is 16.6. The van der Waals surface area contributed by atoms with Crippen LogP contribution in [0.4, 0.5) is 8.78 Å². The van der Waals surface area contributed by atoms with Gasteiger partial charge in [-0.3, -0.25) is 0 Å². The van der Waals surface area contributed by atoms with Crippen LogP contribution in [-0.2, 0) is 18.9 Å². The summed E-state index contributed by atoms with van der Waals surface area (Å²) in [5.74, 6) is 0.0599. The van der Waals surface area contributed by atoms with Crippen molar-refractivity contribution in [2.75, 3.05) is 6.61 Å². The number of alkyl halides is 2. The largest absolute Gasteiger partial charge is 0.460 e. The van der Waals surface area contributed by atoms with Crippen LogP contribution >= 0.6 is 12.0 Å². The molecule has 5 aliphatic rings. The van der Waals surface area contributed by atoms with Crippen LogP contribution in [0.1, 0.15) is 64.2 Å². The Labute approximate surface area is 167 Å². The summed E-state index contributed by atoms with van der Waals surface area (Å²) in [6, 6.07) is 0. The van der Waals surface area contributed by atoms with Crippen molar-refractivity contribution in [1.29, 1.82) is 0 Å². The van der Waals surface area contributed by atoms with Gasteiger partial charge in [0.15, 0.2) is 0 Å². The number of hydrogen-bond acceptors (Lipinski definition) is 7. The molecule has 28 heavy (non-hydrogen) atoms. The van der Waals surface area contributed by atoms with Crippen molar-refractivity contribution in [3.8, 4) is 0 Å². The van der Waals surface area contributed by atoms with E-state index in [0.717, 1.165) is 44.9 Å². The summed E-state index contributed by atoms with van der Waals surface area (Å²) in [6.07, 6.45) is 9.93. The molecule has 9 heteroatoms. The lowest BCUT2D eigenvalue weighted by Gasteiger charge is -2.64. The molecule has 0 radical (unpaired) electrons. The second kappa shape index (κ2) is 7.65. The number of carbonyl (C=O) groups is 1. The van der Waals surface area contributed by atoms with Gasteiger partial charge in [0.25, 0.3) is 0 Å². The molecule has 4 bridgehead atoms. The van der Waals surface area contributed by atoms with Crippen molar-refractivity contribution >= 4 is 18.0 Å². The van der Waals surface area contributed by atoms with Gasteiger partial charge in [-0.2, -0.15) is 8.78 Å². The zero-order valence-electron chi connectivity index (χ0n) is 15.8. The summed E-state index contributed by atoms with van der Waals surface area (Å²) in [7, 11) is 0. The van der Waals surface area contributed by atoms with Crippen LogP contribution in [0, 0.1) is 28.6 Å². The highest BCUT2D eigenvalue weighted by Crippen LogP contribution is 2.68. The number of halogens is 2. The molecule has 160 valence electrons. The fourth-order valence-electron chi connectivity index (χ4n) is 7.26. The number of esters is 1. The van der Waals surface area contributed by atoms with E-state index in [4.69, 9.17) is 9.99 Å². The topological polar surface area (TPSA) is 85.2 Å². The Hall–Kier alpha value is -0.480. The Morgan fingerprint density at radius 2 is 1.75 bits per heavy atom. The highest BCUT2D eigenvalue weighted by Gasteiger charge is 2.60. The van der Waals surface area contributed by atoms with Gasteiger partial charge in [-0.1, -0.05) is 5.04 Å². The summed E-state index contributed by atoms with van der Waals surface area (Å²) in [6.45, 7) is 0.00601. The average molecular weight is 422 g/mol. The molecule has 0 amide bonds. The molecule has 5 rings (SSSR count). The maximum Gasteiger partial charge on any atom is 0.415 e. The Kier molecular flexibility index (Phi) is 5.68. The molecular weight excluding hydrogens is 394 g/mol. The van der Waals surface area contributed by atoms with E-state index in [9.17, 15) is 18.7 Å². The fourth-order valence-corrected chi connectivity index (χ4v) is 7.50. The van der Waals surface area contributed by atoms with Gasteiger partial charge in [0.05, 0.1) is 12.7 Å². The lowest BCUT2D eigenvalue weighted by Crippen LogP contribution is -2.56. The normalized spacial score (nSPS) is 42.6. The van der Waals surface area contributed by atoms with E-state index in [0.29, 0.717) is 17.8 Å². The molecule has 5 fully saturated rings. The Bertz CT molecular complexity index is 581. The standard InChI is InChI=1S/C19H28F2O6S/c20-19(21,28-27-26-24)16(23)25-11-17-6-12-5-13(7-17)9-18(8-12,10-17)14-1-3-15(22)4-2-14/h12-15,22,24H,1-11H2. The zero-order chi connectivity index (χ0) is 20.0. The molecule has 0 spiro atoms. The first-order valence-corrected chi connectivity index (χ1v) is 10.9. The summed E-state index contributed by atoms with van der Waals surface area (Å²) in [4.78, 5) is 11.8. The molecule has 0 aromatic rings. The lowest BCUT2D eigenvalue weighted by molar-refractivity contribution is -0.433. The van der Waals surface area contributed by atoms with Crippen molar-refractivity contribution in [3.05, 3.63) is 0 Å². The molecule has 2 N–H and O–H groups in total. The predicted molar refractivity (Wildman–Crippen MR) is 95.8 cm³/mol. The number of rotatable bonds is 7. The van der Waals surface area contributed by atoms with E-state index in [1.54, 1.807) is 0 Å². The summed E-state index contributed by atoms with van der Waals surface area (Å²) < 4.78 is 36.2. The van der Waals surface area contributed by atoms with Gasteiger partial charge < -0.3 is 9.84 Å². The van der Waals surface area contributed by atoms with Crippen molar-refractivity contribution in [2.45, 2.75) is 75.6 Å². The van der Waals surface area contributed by atoms with E-state index in [-0.39, 0.29) is 23.5 Å². The first kappa shape index (κ1) is 20.8. The summed E-state index contributed by atoms with van der Waals surface area (Å²) in [5.41, 5.74) is -0.00731. The highest BCUT2D eigenvalue weighted by molar-refractivity contribution is 7.96. The third kappa shape index (κ3) is 3.93. The van der Waals surface area contributed by atoms with Gasteiger partial charge >= 0.3 is 11.2 Å². The molecule has 2 atom stereocenters. The number of ether oxygens (including phenoxy) is 1. The molecule has 0 heterocycles. The Balaban J connectivity index is 1.44. The minimum atomic E-state index is -3.94. The number of carbonyl (C=O) groups excluding carboxylic acids is 1. The third-order valence-corrected chi connectivity index (χ3v) is 8.21. The van der Waals surface area contributed by atoms with Crippen molar-refractivity contribution in [2.24, 2.45) is 28.6 Å². The van der Waals surface area contributed by atoms with E-state index < -0.39 is 23.3 Å². The number of aliphatic hydroxyl groups is 1. The van der Waals surface area contributed by atoms with E-state index in [1.165, 1.54) is 19.3 Å². The maximum absolute atomic E-state index is 13.7. The molecule has 6 nitrogen and oxygen atoms in total.